The van der Waals surface area contributed by atoms with Gasteiger partial charge in [0.15, 0.2) is 11.5 Å². The van der Waals surface area contributed by atoms with Crippen LogP contribution in [-0.4, -0.2) is 34.7 Å². The number of aromatic amines is 1. The zero-order valence-electron chi connectivity index (χ0n) is 19.5. The number of H-pyrrole nitrogens is 1. The van der Waals surface area contributed by atoms with Crippen molar-refractivity contribution in [2.45, 2.75) is 72.4 Å². The molecule has 1 aliphatic carbocycles. The highest BCUT2D eigenvalue weighted by atomic mass is 16.5. The fraction of sp³-hybridized carbons (Fsp3) is 0.625. The summed E-state index contributed by atoms with van der Waals surface area (Å²) in [6, 6.07) is 3.48. The van der Waals surface area contributed by atoms with E-state index < -0.39 is 5.69 Å². The third-order valence-electron chi connectivity index (χ3n) is 6.31. The average molecular weight is 446 g/mol. The maximum absolute atomic E-state index is 13.2. The minimum atomic E-state index is -0.425. The molecular formula is C24H35N3O5. The van der Waals surface area contributed by atoms with E-state index in [1.807, 2.05) is 20.8 Å². The van der Waals surface area contributed by atoms with Gasteiger partial charge in [0, 0.05) is 24.6 Å². The molecule has 8 heteroatoms. The largest absolute Gasteiger partial charge is 0.490 e. The number of hydrogen-bond donors (Lipinski definition) is 2. The van der Waals surface area contributed by atoms with Crippen LogP contribution in [0.4, 0.5) is 0 Å². The molecule has 1 saturated carbocycles. The number of carbonyl (C=O) groups is 1. The standard InChI is InChI=1S/C24H35N3O5/c1-5-15(4)25-22(28)17-10-8-16(9-11-17)14-27-23(29)18-12-20(31-6-2)21(32-7-3)13-19(18)26-24(27)30/h12-13,15-17H,5-11,14H2,1-4H3,(H,25,28)(H,26,30)/t15-,16?,17?/m0/s1. The van der Waals surface area contributed by atoms with Crippen molar-refractivity contribution in [1.82, 2.24) is 14.9 Å². The maximum Gasteiger partial charge on any atom is 0.328 e. The highest BCUT2D eigenvalue weighted by Gasteiger charge is 2.27. The fourth-order valence-corrected chi connectivity index (χ4v) is 4.29. The molecule has 1 atom stereocenters. The van der Waals surface area contributed by atoms with Crippen LogP contribution >= 0.6 is 0 Å². The Balaban J connectivity index is 1.78. The van der Waals surface area contributed by atoms with Gasteiger partial charge in [0.05, 0.1) is 24.1 Å². The summed E-state index contributed by atoms with van der Waals surface area (Å²) in [5, 5.41) is 3.46. The third-order valence-corrected chi connectivity index (χ3v) is 6.31. The molecule has 1 fully saturated rings. The minimum absolute atomic E-state index is 0.0117. The zero-order chi connectivity index (χ0) is 23.3. The molecule has 0 bridgehead atoms. The summed E-state index contributed by atoms with van der Waals surface area (Å²) in [6.45, 7) is 9.03. The first-order chi connectivity index (χ1) is 15.4. The Hall–Kier alpha value is -2.77. The van der Waals surface area contributed by atoms with E-state index in [1.54, 1.807) is 12.1 Å². The van der Waals surface area contributed by atoms with E-state index in [-0.39, 0.29) is 29.3 Å². The van der Waals surface area contributed by atoms with Gasteiger partial charge in [0.2, 0.25) is 5.91 Å². The highest BCUT2D eigenvalue weighted by Crippen LogP contribution is 2.31. The zero-order valence-corrected chi connectivity index (χ0v) is 19.5. The lowest BCUT2D eigenvalue weighted by molar-refractivity contribution is -0.126. The molecular weight excluding hydrogens is 410 g/mol. The number of aromatic nitrogens is 2. The predicted octanol–water partition coefficient (Wildman–Crippen LogP) is 3.21. The molecule has 32 heavy (non-hydrogen) atoms. The van der Waals surface area contributed by atoms with Gasteiger partial charge in [-0.1, -0.05) is 6.92 Å². The van der Waals surface area contributed by atoms with Crippen LogP contribution in [0.5, 0.6) is 11.5 Å². The first-order valence-corrected chi connectivity index (χ1v) is 11.7. The van der Waals surface area contributed by atoms with Crippen LogP contribution < -0.4 is 26.0 Å². The maximum atomic E-state index is 13.2. The van der Waals surface area contributed by atoms with Crippen molar-refractivity contribution in [1.29, 1.82) is 0 Å². The summed E-state index contributed by atoms with van der Waals surface area (Å²) in [7, 11) is 0. The molecule has 0 saturated heterocycles. The average Bonchev–Trinajstić information content (AvgIpc) is 2.78. The van der Waals surface area contributed by atoms with Crippen LogP contribution in [0.15, 0.2) is 21.7 Å². The molecule has 0 aliphatic heterocycles. The van der Waals surface area contributed by atoms with Gasteiger partial charge in [0.1, 0.15) is 0 Å². The van der Waals surface area contributed by atoms with E-state index in [9.17, 15) is 14.4 Å². The summed E-state index contributed by atoms with van der Waals surface area (Å²) in [5.41, 5.74) is -0.316. The number of amides is 1. The lowest BCUT2D eigenvalue weighted by Crippen LogP contribution is -2.40. The van der Waals surface area contributed by atoms with Crippen LogP contribution in [0, 0.1) is 11.8 Å². The van der Waals surface area contributed by atoms with Crippen molar-refractivity contribution < 1.29 is 14.3 Å². The third kappa shape index (κ3) is 5.34. The van der Waals surface area contributed by atoms with Crippen molar-refractivity contribution in [2.24, 2.45) is 11.8 Å². The molecule has 1 aromatic heterocycles. The summed E-state index contributed by atoms with van der Waals surface area (Å²) in [5.74, 6) is 1.31. The van der Waals surface area contributed by atoms with Crippen molar-refractivity contribution in [3.05, 3.63) is 33.0 Å². The molecule has 0 spiro atoms. The number of nitrogens with zero attached hydrogens (tertiary/aromatic N) is 1. The molecule has 1 heterocycles. The van der Waals surface area contributed by atoms with Crippen LogP contribution in [0.1, 0.15) is 59.8 Å². The number of benzene rings is 1. The summed E-state index contributed by atoms with van der Waals surface area (Å²) in [6.07, 6.45) is 4.09. The molecule has 176 valence electrons. The van der Waals surface area contributed by atoms with Crippen molar-refractivity contribution in [3.8, 4) is 11.5 Å². The molecule has 1 aromatic carbocycles. The van der Waals surface area contributed by atoms with Crippen molar-refractivity contribution >= 4 is 16.8 Å². The summed E-state index contributed by atoms with van der Waals surface area (Å²) < 4.78 is 12.5. The van der Waals surface area contributed by atoms with Gasteiger partial charge in [-0.05, 0) is 64.9 Å². The van der Waals surface area contributed by atoms with E-state index in [1.165, 1.54) is 4.57 Å². The van der Waals surface area contributed by atoms with Crippen molar-refractivity contribution in [3.63, 3.8) is 0 Å². The second kappa shape index (κ2) is 10.7. The summed E-state index contributed by atoms with van der Waals surface area (Å²) >= 11 is 0. The molecule has 8 nitrogen and oxygen atoms in total. The molecule has 0 unspecified atom stereocenters. The number of fused-ring (bicyclic) bond motifs is 1. The Labute approximate surface area is 188 Å². The van der Waals surface area contributed by atoms with Gasteiger partial charge >= 0.3 is 5.69 Å². The topological polar surface area (TPSA) is 102 Å². The van der Waals surface area contributed by atoms with Crippen molar-refractivity contribution in [2.75, 3.05) is 13.2 Å². The number of nitrogens with one attached hydrogen (secondary N) is 2. The quantitative estimate of drug-likeness (QED) is 0.617. The van der Waals surface area contributed by atoms with Crippen LogP contribution in [0.3, 0.4) is 0 Å². The number of carbonyl (C=O) groups excluding carboxylic acids is 1. The number of rotatable bonds is 9. The first-order valence-electron chi connectivity index (χ1n) is 11.7. The lowest BCUT2D eigenvalue weighted by atomic mass is 9.81. The number of hydrogen-bond acceptors (Lipinski definition) is 5. The van der Waals surface area contributed by atoms with E-state index in [2.05, 4.69) is 17.2 Å². The molecule has 2 aromatic rings. The van der Waals surface area contributed by atoms with Gasteiger partial charge in [-0.2, -0.15) is 0 Å². The summed E-state index contributed by atoms with van der Waals surface area (Å²) in [4.78, 5) is 41.1. The second-order valence-corrected chi connectivity index (χ2v) is 8.59. The highest BCUT2D eigenvalue weighted by molar-refractivity contribution is 5.81. The monoisotopic (exact) mass is 445 g/mol. The van der Waals surface area contributed by atoms with E-state index in [0.717, 1.165) is 32.1 Å². The SMILES string of the molecule is CCOc1cc2[nH]c(=O)n(CC3CCC(C(=O)N[C@@H](C)CC)CC3)c(=O)c2cc1OCC. The molecule has 1 amide bonds. The van der Waals surface area contributed by atoms with Crippen LogP contribution in [0.25, 0.3) is 10.9 Å². The van der Waals surface area contributed by atoms with Gasteiger partial charge in [0.25, 0.3) is 5.56 Å². The van der Waals surface area contributed by atoms with E-state index in [4.69, 9.17) is 9.47 Å². The predicted molar refractivity (Wildman–Crippen MR) is 125 cm³/mol. The smallest absolute Gasteiger partial charge is 0.328 e. The Morgan fingerprint density at radius 2 is 1.72 bits per heavy atom. The van der Waals surface area contributed by atoms with Crippen LogP contribution in [-0.2, 0) is 11.3 Å². The Morgan fingerprint density at radius 1 is 1.09 bits per heavy atom. The number of ether oxygens (including phenoxy) is 2. The Kier molecular flexibility index (Phi) is 7.99. The van der Waals surface area contributed by atoms with Gasteiger partial charge in [-0.15, -0.1) is 0 Å². The first kappa shape index (κ1) is 23.9. The second-order valence-electron chi connectivity index (χ2n) is 8.59. The molecule has 0 radical (unpaired) electrons. The molecule has 1 aliphatic rings. The minimum Gasteiger partial charge on any atom is -0.490 e. The van der Waals surface area contributed by atoms with E-state index >= 15 is 0 Å². The van der Waals surface area contributed by atoms with E-state index in [0.29, 0.717) is 42.2 Å². The van der Waals surface area contributed by atoms with Gasteiger partial charge in [-0.3, -0.25) is 14.2 Å². The normalized spacial score (nSPS) is 19.5. The molecule has 3 rings (SSSR count). The lowest BCUT2D eigenvalue weighted by Gasteiger charge is -2.28. The Morgan fingerprint density at radius 3 is 2.31 bits per heavy atom. The van der Waals surface area contributed by atoms with Gasteiger partial charge in [-0.25, -0.2) is 4.79 Å². The van der Waals surface area contributed by atoms with Gasteiger partial charge < -0.3 is 19.8 Å². The Bertz CT molecular complexity index is 1050. The fourth-order valence-electron chi connectivity index (χ4n) is 4.29. The van der Waals surface area contributed by atoms with Crippen LogP contribution in [0.2, 0.25) is 0 Å². The molecule has 2 N–H and O–H groups in total.